The molecule has 0 heterocycles. The Morgan fingerprint density at radius 2 is 0.576 bits per heavy atom. The van der Waals surface area contributed by atoms with E-state index in [0.29, 0.717) is 0 Å². The minimum atomic E-state index is -1.43. The van der Waals surface area contributed by atoms with Gasteiger partial charge in [-0.2, -0.15) is 0 Å². The molecule has 1 rings (SSSR count). The van der Waals surface area contributed by atoms with Crippen molar-refractivity contribution >= 4 is 52.9 Å². The van der Waals surface area contributed by atoms with Gasteiger partial charge in [0.1, 0.15) is 39.3 Å². The zero-order valence-corrected chi connectivity index (χ0v) is 16.9. The maximum absolute atomic E-state index is 11.2. The third-order valence-corrected chi connectivity index (χ3v) is 3.94. The maximum Gasteiger partial charge on any atom is 0.323 e. The molecule has 0 radical (unpaired) electrons. The van der Waals surface area contributed by atoms with Gasteiger partial charge in [-0.1, -0.05) is 0 Å². The van der Waals surface area contributed by atoms with E-state index < -0.39 is 75.1 Å². The van der Waals surface area contributed by atoms with Crippen molar-refractivity contribution in [2.45, 2.75) is 0 Å². The SMILES string of the molecule is O=C(O)CN(CC(=O)O)c1cc(N(CC(=O)O)CC(=O)O)cc(N(CC(=O)O)CC(=O)O)c1. The molecule has 0 spiro atoms. The van der Waals surface area contributed by atoms with Crippen LogP contribution in [0.2, 0.25) is 0 Å². The summed E-state index contributed by atoms with van der Waals surface area (Å²) in [6.07, 6.45) is 0. The Morgan fingerprint density at radius 3 is 0.697 bits per heavy atom. The molecule has 15 heteroatoms. The number of anilines is 3. The second kappa shape index (κ2) is 11.7. The minimum absolute atomic E-state index is 0.145. The molecule has 0 fully saturated rings. The van der Waals surface area contributed by atoms with Crippen LogP contribution < -0.4 is 14.7 Å². The van der Waals surface area contributed by atoms with Crippen LogP contribution in [0.3, 0.4) is 0 Å². The molecular formula is C18H21N3O12. The molecular weight excluding hydrogens is 450 g/mol. The van der Waals surface area contributed by atoms with Crippen LogP contribution in [0.1, 0.15) is 0 Å². The zero-order valence-electron chi connectivity index (χ0n) is 16.9. The van der Waals surface area contributed by atoms with E-state index >= 15 is 0 Å². The fraction of sp³-hybridized carbons (Fsp3) is 0.333. The largest absolute Gasteiger partial charge is 0.480 e. The third kappa shape index (κ3) is 9.41. The highest BCUT2D eigenvalue weighted by atomic mass is 16.4. The number of nitrogens with zero attached hydrogens (tertiary/aromatic N) is 3. The van der Waals surface area contributed by atoms with Crippen molar-refractivity contribution in [2.75, 3.05) is 54.0 Å². The Morgan fingerprint density at radius 1 is 0.424 bits per heavy atom. The van der Waals surface area contributed by atoms with Crippen molar-refractivity contribution in [1.82, 2.24) is 0 Å². The van der Waals surface area contributed by atoms with Crippen molar-refractivity contribution in [3.8, 4) is 0 Å². The molecule has 0 bridgehead atoms. The summed E-state index contributed by atoms with van der Waals surface area (Å²) in [7, 11) is 0. The normalized spacial score (nSPS) is 10.2. The van der Waals surface area contributed by atoms with E-state index in [1.165, 1.54) is 0 Å². The predicted octanol–water partition coefficient (Wildman–Crippen LogP) is -1.39. The van der Waals surface area contributed by atoms with Gasteiger partial charge in [-0.05, 0) is 18.2 Å². The lowest BCUT2D eigenvalue weighted by Crippen LogP contribution is -2.38. The molecule has 15 nitrogen and oxygen atoms in total. The van der Waals surface area contributed by atoms with Crippen molar-refractivity contribution < 1.29 is 59.4 Å². The van der Waals surface area contributed by atoms with Gasteiger partial charge in [-0.25, -0.2) is 0 Å². The van der Waals surface area contributed by atoms with Gasteiger partial charge in [0.15, 0.2) is 0 Å². The van der Waals surface area contributed by atoms with Crippen molar-refractivity contribution in [3.05, 3.63) is 18.2 Å². The quantitative estimate of drug-likeness (QED) is 0.173. The van der Waals surface area contributed by atoms with Crippen LogP contribution >= 0.6 is 0 Å². The first-order chi connectivity index (χ1) is 15.3. The van der Waals surface area contributed by atoms with Gasteiger partial charge >= 0.3 is 35.8 Å². The Balaban J connectivity index is 3.73. The Labute approximate surface area is 185 Å². The molecule has 1 aromatic rings. The van der Waals surface area contributed by atoms with Gasteiger partial charge in [0.2, 0.25) is 0 Å². The zero-order chi connectivity index (χ0) is 25.3. The number of aliphatic carboxylic acids is 6. The van der Waals surface area contributed by atoms with Crippen LogP contribution in [0.4, 0.5) is 17.1 Å². The topological polar surface area (TPSA) is 234 Å². The smallest absolute Gasteiger partial charge is 0.323 e. The summed E-state index contributed by atoms with van der Waals surface area (Å²) in [4.78, 5) is 69.8. The highest BCUT2D eigenvalue weighted by Gasteiger charge is 2.23. The lowest BCUT2D eigenvalue weighted by Gasteiger charge is -2.29. The molecule has 0 aromatic heterocycles. The van der Waals surface area contributed by atoms with Crippen LogP contribution in [0.5, 0.6) is 0 Å². The standard InChI is InChI=1S/C18H21N3O12/c22-13(23)4-19(5-14(24)25)10-1-11(20(6-15(26)27)7-16(28)29)3-12(2-10)21(8-17(30)31)9-18(32)33/h1-3H,4-9H2,(H,22,23)(H,24,25)(H,26,27)(H,28,29)(H,30,31)(H,32,33). The van der Waals surface area contributed by atoms with E-state index in [2.05, 4.69) is 0 Å². The molecule has 180 valence electrons. The van der Waals surface area contributed by atoms with Gasteiger partial charge in [-0.15, -0.1) is 0 Å². The number of carboxylic acids is 6. The molecule has 0 amide bonds. The van der Waals surface area contributed by atoms with E-state index in [9.17, 15) is 28.8 Å². The molecule has 1 aromatic carbocycles. The van der Waals surface area contributed by atoms with Gasteiger partial charge in [0.05, 0.1) is 0 Å². The fourth-order valence-corrected chi connectivity index (χ4v) is 2.82. The first-order valence-corrected chi connectivity index (χ1v) is 8.99. The van der Waals surface area contributed by atoms with E-state index in [4.69, 9.17) is 30.6 Å². The van der Waals surface area contributed by atoms with Crippen LogP contribution in [-0.4, -0.2) is 106 Å². The number of hydrogen-bond donors (Lipinski definition) is 6. The van der Waals surface area contributed by atoms with Gasteiger partial charge in [-0.3, -0.25) is 28.8 Å². The molecule has 33 heavy (non-hydrogen) atoms. The van der Waals surface area contributed by atoms with E-state index in [0.717, 1.165) is 32.9 Å². The van der Waals surface area contributed by atoms with Crippen LogP contribution in [0, 0.1) is 0 Å². The second-order valence-electron chi connectivity index (χ2n) is 6.64. The molecule has 0 saturated heterocycles. The average molecular weight is 471 g/mol. The number of carbonyl (C=O) groups is 6. The van der Waals surface area contributed by atoms with E-state index in [-0.39, 0.29) is 17.1 Å². The molecule has 0 aliphatic rings. The first kappa shape index (κ1) is 26.5. The Hall–Kier alpha value is -4.56. The number of rotatable bonds is 15. The van der Waals surface area contributed by atoms with E-state index in [1.807, 2.05) is 0 Å². The van der Waals surface area contributed by atoms with Crippen molar-refractivity contribution in [1.29, 1.82) is 0 Å². The fourth-order valence-electron chi connectivity index (χ4n) is 2.82. The maximum atomic E-state index is 11.2. The number of hydrogen-bond acceptors (Lipinski definition) is 9. The molecule has 0 aliphatic carbocycles. The Bertz CT molecular complexity index is 768. The van der Waals surface area contributed by atoms with Gasteiger partial charge < -0.3 is 45.3 Å². The van der Waals surface area contributed by atoms with Crippen molar-refractivity contribution in [3.63, 3.8) is 0 Å². The van der Waals surface area contributed by atoms with Crippen LogP contribution in [0.25, 0.3) is 0 Å². The lowest BCUT2D eigenvalue weighted by atomic mass is 10.1. The third-order valence-electron chi connectivity index (χ3n) is 3.94. The molecule has 0 saturated carbocycles. The monoisotopic (exact) mass is 471 g/mol. The summed E-state index contributed by atoms with van der Waals surface area (Å²) in [5, 5.41) is 54.7. The lowest BCUT2D eigenvalue weighted by molar-refractivity contribution is -0.138. The van der Waals surface area contributed by atoms with Crippen molar-refractivity contribution in [2.24, 2.45) is 0 Å². The molecule has 6 N–H and O–H groups in total. The molecule has 0 atom stereocenters. The van der Waals surface area contributed by atoms with Crippen LogP contribution in [-0.2, 0) is 28.8 Å². The minimum Gasteiger partial charge on any atom is -0.480 e. The summed E-state index contributed by atoms with van der Waals surface area (Å²) in [5.41, 5.74) is -0.434. The van der Waals surface area contributed by atoms with Gasteiger partial charge in [0.25, 0.3) is 0 Å². The first-order valence-electron chi connectivity index (χ1n) is 8.99. The number of benzene rings is 1. The number of carboxylic acid groups (broad SMARTS) is 6. The summed E-state index contributed by atoms with van der Waals surface area (Å²) in [5.74, 6) is -8.56. The summed E-state index contributed by atoms with van der Waals surface area (Å²) >= 11 is 0. The summed E-state index contributed by atoms with van der Waals surface area (Å²) in [6, 6.07) is 3.38. The second-order valence-corrected chi connectivity index (χ2v) is 6.64. The van der Waals surface area contributed by atoms with Crippen LogP contribution in [0.15, 0.2) is 18.2 Å². The molecule has 0 unspecified atom stereocenters. The average Bonchev–Trinajstić information content (AvgIpc) is 2.64. The summed E-state index contributed by atoms with van der Waals surface area (Å²) in [6.45, 7) is -4.97. The van der Waals surface area contributed by atoms with Gasteiger partial charge in [0, 0.05) is 17.1 Å². The Kier molecular flexibility index (Phi) is 9.41. The highest BCUT2D eigenvalue weighted by molar-refractivity contribution is 5.86. The highest BCUT2D eigenvalue weighted by Crippen LogP contribution is 2.30. The van der Waals surface area contributed by atoms with E-state index in [1.54, 1.807) is 0 Å². The molecule has 0 aliphatic heterocycles. The summed E-state index contributed by atoms with van der Waals surface area (Å²) < 4.78 is 0. The predicted molar refractivity (Wildman–Crippen MR) is 109 cm³/mol.